The van der Waals surface area contributed by atoms with E-state index >= 15 is 0 Å². The fourth-order valence-corrected chi connectivity index (χ4v) is 2.85. The van der Waals surface area contributed by atoms with E-state index in [9.17, 15) is 0 Å². The minimum atomic E-state index is 0.721. The summed E-state index contributed by atoms with van der Waals surface area (Å²) >= 11 is 0. The van der Waals surface area contributed by atoms with E-state index in [1.54, 1.807) is 0 Å². The molecule has 4 rings (SSSR count). The second-order valence-electron chi connectivity index (χ2n) is 5.88. The molecule has 4 aromatic carbocycles. The molecule has 2 heteroatoms. The molecule has 0 unspecified atom stereocenters. The van der Waals surface area contributed by atoms with E-state index in [1.807, 2.05) is 50.2 Å². The van der Waals surface area contributed by atoms with Crippen molar-refractivity contribution in [2.24, 2.45) is 0 Å². The zero-order valence-electron chi connectivity index (χ0n) is 15.3. The molecule has 26 heavy (non-hydrogen) atoms. The number of benzene rings is 4. The van der Waals surface area contributed by atoms with Crippen molar-refractivity contribution in [2.75, 3.05) is 13.2 Å². The molecule has 0 saturated heterocycles. The van der Waals surface area contributed by atoms with Gasteiger partial charge in [-0.3, -0.25) is 0 Å². The molecule has 0 bridgehead atoms. The maximum atomic E-state index is 5.41. The molecule has 0 saturated carbocycles. The highest BCUT2D eigenvalue weighted by molar-refractivity contribution is 5.84. The van der Waals surface area contributed by atoms with E-state index in [0.717, 1.165) is 24.7 Å². The Kier molecular flexibility index (Phi) is 6.10. The summed E-state index contributed by atoms with van der Waals surface area (Å²) in [4.78, 5) is 0. The third kappa shape index (κ3) is 4.54. The quantitative estimate of drug-likeness (QED) is 0.422. The summed E-state index contributed by atoms with van der Waals surface area (Å²) in [6.07, 6.45) is 0. The van der Waals surface area contributed by atoms with Crippen molar-refractivity contribution >= 4 is 21.5 Å². The van der Waals surface area contributed by atoms with Crippen LogP contribution in [-0.4, -0.2) is 13.2 Å². The normalized spacial score (nSPS) is 10.2. The summed E-state index contributed by atoms with van der Waals surface area (Å²) in [5.74, 6) is 1.89. The predicted octanol–water partition coefficient (Wildman–Crippen LogP) is 6.48. The summed E-state index contributed by atoms with van der Waals surface area (Å²) in [6, 6.07) is 28.9. The van der Waals surface area contributed by atoms with Gasteiger partial charge >= 0.3 is 0 Å². The lowest BCUT2D eigenvalue weighted by Crippen LogP contribution is -1.90. The van der Waals surface area contributed by atoms with Crippen LogP contribution in [0.4, 0.5) is 0 Å². The SMILES string of the molecule is CCOc1ccc2ccccc2c1.CCOc1ccc2ccccc2c1. The van der Waals surface area contributed by atoms with Gasteiger partial charge in [0.1, 0.15) is 11.5 Å². The first-order valence-corrected chi connectivity index (χ1v) is 9.03. The molecule has 132 valence electrons. The van der Waals surface area contributed by atoms with Gasteiger partial charge in [-0.15, -0.1) is 0 Å². The molecule has 4 aromatic rings. The van der Waals surface area contributed by atoms with E-state index in [-0.39, 0.29) is 0 Å². The van der Waals surface area contributed by atoms with Crippen molar-refractivity contribution in [3.8, 4) is 11.5 Å². The van der Waals surface area contributed by atoms with Crippen LogP contribution in [0.5, 0.6) is 11.5 Å². The molecule has 2 nitrogen and oxygen atoms in total. The van der Waals surface area contributed by atoms with Crippen LogP contribution in [0.25, 0.3) is 21.5 Å². The summed E-state index contributed by atoms with van der Waals surface area (Å²) in [7, 11) is 0. The van der Waals surface area contributed by atoms with E-state index in [0.29, 0.717) is 0 Å². The van der Waals surface area contributed by atoms with Crippen LogP contribution in [0.2, 0.25) is 0 Å². The average Bonchev–Trinajstić information content (AvgIpc) is 2.69. The van der Waals surface area contributed by atoms with Crippen LogP contribution in [0.1, 0.15) is 13.8 Å². The lowest BCUT2D eigenvalue weighted by molar-refractivity contribution is 0.340. The lowest BCUT2D eigenvalue weighted by atomic mass is 10.1. The molecule has 0 amide bonds. The number of hydrogen-bond acceptors (Lipinski definition) is 2. The van der Waals surface area contributed by atoms with Crippen molar-refractivity contribution in [1.29, 1.82) is 0 Å². The first kappa shape index (κ1) is 17.8. The summed E-state index contributed by atoms with van der Waals surface area (Å²) in [6.45, 7) is 5.43. The zero-order chi connectivity index (χ0) is 18.2. The van der Waals surface area contributed by atoms with Gasteiger partial charge < -0.3 is 9.47 Å². The van der Waals surface area contributed by atoms with Crippen LogP contribution in [0, 0.1) is 0 Å². The number of fused-ring (bicyclic) bond motifs is 2. The Morgan fingerprint density at radius 2 is 0.885 bits per heavy atom. The molecule has 0 aliphatic heterocycles. The molecule has 0 N–H and O–H groups in total. The third-order valence-electron chi connectivity index (χ3n) is 4.06. The van der Waals surface area contributed by atoms with E-state index in [2.05, 4.69) is 48.5 Å². The first-order chi connectivity index (χ1) is 12.8. The van der Waals surface area contributed by atoms with Gasteiger partial charge in [-0.2, -0.15) is 0 Å². The summed E-state index contributed by atoms with van der Waals surface area (Å²) < 4.78 is 10.8. The molecule has 0 spiro atoms. The fraction of sp³-hybridized carbons (Fsp3) is 0.167. The molecule has 0 aliphatic carbocycles. The Morgan fingerprint density at radius 1 is 0.500 bits per heavy atom. The van der Waals surface area contributed by atoms with Crippen LogP contribution in [0.3, 0.4) is 0 Å². The number of hydrogen-bond donors (Lipinski definition) is 0. The smallest absolute Gasteiger partial charge is 0.119 e. The van der Waals surface area contributed by atoms with Gasteiger partial charge in [0.05, 0.1) is 13.2 Å². The molecule has 0 heterocycles. The zero-order valence-corrected chi connectivity index (χ0v) is 15.3. The van der Waals surface area contributed by atoms with Gasteiger partial charge in [0.15, 0.2) is 0 Å². The van der Waals surface area contributed by atoms with Gasteiger partial charge in [-0.25, -0.2) is 0 Å². The second-order valence-corrected chi connectivity index (χ2v) is 5.88. The van der Waals surface area contributed by atoms with Crippen molar-refractivity contribution in [3.05, 3.63) is 84.9 Å². The van der Waals surface area contributed by atoms with E-state index < -0.39 is 0 Å². The minimum absolute atomic E-state index is 0.721. The largest absolute Gasteiger partial charge is 0.494 e. The first-order valence-electron chi connectivity index (χ1n) is 9.03. The molecule has 0 aromatic heterocycles. The summed E-state index contributed by atoms with van der Waals surface area (Å²) in [5.41, 5.74) is 0. The topological polar surface area (TPSA) is 18.5 Å². The van der Waals surface area contributed by atoms with Crippen molar-refractivity contribution < 1.29 is 9.47 Å². The standard InChI is InChI=1S/2C12H12O/c2*1-2-13-12-8-7-10-5-3-4-6-11(10)9-12/h2*3-9H,2H2,1H3. The number of rotatable bonds is 4. The predicted molar refractivity (Wildman–Crippen MR) is 110 cm³/mol. The molecular formula is C24H24O2. The monoisotopic (exact) mass is 344 g/mol. The second kappa shape index (κ2) is 8.91. The highest BCUT2D eigenvalue weighted by Crippen LogP contribution is 2.21. The van der Waals surface area contributed by atoms with Gasteiger partial charge in [-0.05, 0) is 59.7 Å². The van der Waals surface area contributed by atoms with Crippen LogP contribution in [0.15, 0.2) is 84.9 Å². The Labute approximate surface area is 155 Å². The van der Waals surface area contributed by atoms with E-state index in [4.69, 9.17) is 9.47 Å². The van der Waals surface area contributed by atoms with Gasteiger partial charge in [0.25, 0.3) is 0 Å². The Bertz CT molecular complexity index is 894. The molecule has 0 atom stereocenters. The van der Waals surface area contributed by atoms with Gasteiger partial charge in [0.2, 0.25) is 0 Å². The van der Waals surface area contributed by atoms with Crippen LogP contribution in [-0.2, 0) is 0 Å². The minimum Gasteiger partial charge on any atom is -0.494 e. The lowest BCUT2D eigenvalue weighted by Gasteiger charge is -2.03. The third-order valence-corrected chi connectivity index (χ3v) is 4.06. The van der Waals surface area contributed by atoms with Gasteiger partial charge in [-0.1, -0.05) is 60.7 Å². The van der Waals surface area contributed by atoms with Crippen molar-refractivity contribution in [2.45, 2.75) is 13.8 Å². The average molecular weight is 344 g/mol. The van der Waals surface area contributed by atoms with Crippen molar-refractivity contribution in [1.82, 2.24) is 0 Å². The number of ether oxygens (including phenoxy) is 2. The summed E-state index contributed by atoms with van der Waals surface area (Å²) in [5, 5.41) is 4.97. The van der Waals surface area contributed by atoms with Crippen molar-refractivity contribution in [3.63, 3.8) is 0 Å². The maximum absolute atomic E-state index is 5.41. The van der Waals surface area contributed by atoms with Gasteiger partial charge in [0, 0.05) is 0 Å². The van der Waals surface area contributed by atoms with E-state index in [1.165, 1.54) is 21.5 Å². The molecular weight excluding hydrogens is 320 g/mol. The maximum Gasteiger partial charge on any atom is 0.119 e. The Balaban J connectivity index is 0.000000151. The van der Waals surface area contributed by atoms with Crippen LogP contribution < -0.4 is 9.47 Å². The molecule has 0 radical (unpaired) electrons. The Morgan fingerprint density at radius 3 is 1.27 bits per heavy atom. The molecule has 0 aliphatic rings. The van der Waals surface area contributed by atoms with Crippen LogP contribution >= 0.6 is 0 Å². The highest BCUT2D eigenvalue weighted by Gasteiger charge is 1.95. The highest BCUT2D eigenvalue weighted by atomic mass is 16.5. The fourth-order valence-electron chi connectivity index (χ4n) is 2.85. The molecule has 0 fully saturated rings. The Hall–Kier alpha value is -3.00.